The Morgan fingerprint density at radius 1 is 0.870 bits per heavy atom. The fraction of sp³-hybridized carbons (Fsp3) is 0.316. The molecule has 2 rings (SSSR count). The van der Waals surface area contributed by atoms with Crippen LogP contribution in [0.15, 0.2) is 60.7 Å². The molecule has 2 aromatic rings. The number of esters is 1. The van der Waals surface area contributed by atoms with E-state index in [-0.39, 0.29) is 12.6 Å². The van der Waals surface area contributed by atoms with Crippen molar-refractivity contribution in [1.82, 2.24) is 0 Å². The van der Waals surface area contributed by atoms with Crippen molar-refractivity contribution in [1.29, 1.82) is 0 Å². The summed E-state index contributed by atoms with van der Waals surface area (Å²) in [5.41, 5.74) is 2.09. The highest BCUT2D eigenvalue weighted by molar-refractivity contribution is 5.68. The molecule has 0 saturated heterocycles. The van der Waals surface area contributed by atoms with Crippen LogP contribution in [-0.2, 0) is 32.2 Å². The second-order valence-corrected chi connectivity index (χ2v) is 5.06. The van der Waals surface area contributed by atoms with E-state index in [1.807, 2.05) is 60.7 Å². The Kier molecular flexibility index (Phi) is 7.30. The maximum absolute atomic E-state index is 11.3. The predicted molar refractivity (Wildman–Crippen MR) is 87.5 cm³/mol. The van der Waals surface area contributed by atoms with Crippen LogP contribution < -0.4 is 0 Å². The van der Waals surface area contributed by atoms with Gasteiger partial charge in [-0.05, 0) is 11.1 Å². The van der Waals surface area contributed by atoms with Crippen molar-refractivity contribution in [3.63, 3.8) is 0 Å². The number of hydrogen-bond acceptors (Lipinski definition) is 4. The Balaban J connectivity index is 1.86. The molecule has 0 radical (unpaired) electrons. The summed E-state index contributed by atoms with van der Waals surface area (Å²) < 4.78 is 16.6. The van der Waals surface area contributed by atoms with Crippen LogP contribution in [0.5, 0.6) is 0 Å². The Labute approximate surface area is 137 Å². The summed E-state index contributed by atoms with van der Waals surface area (Å²) in [5, 5.41) is 0. The van der Waals surface area contributed by atoms with Crippen molar-refractivity contribution in [3.05, 3.63) is 71.8 Å². The van der Waals surface area contributed by atoms with Crippen LogP contribution in [0.25, 0.3) is 0 Å². The molecule has 0 spiro atoms. The smallest absolute Gasteiger partial charge is 0.305 e. The van der Waals surface area contributed by atoms with E-state index in [4.69, 9.17) is 14.2 Å². The fourth-order valence-corrected chi connectivity index (χ4v) is 1.93. The molecule has 0 unspecified atom stereocenters. The molecule has 0 bridgehead atoms. The predicted octanol–water partition coefficient (Wildman–Crippen LogP) is 3.70. The van der Waals surface area contributed by atoms with E-state index in [0.29, 0.717) is 19.6 Å². The van der Waals surface area contributed by atoms with E-state index >= 15 is 0 Å². The van der Waals surface area contributed by atoms with E-state index in [2.05, 4.69) is 0 Å². The van der Waals surface area contributed by atoms with Crippen molar-refractivity contribution in [2.24, 2.45) is 0 Å². The first-order valence-corrected chi connectivity index (χ1v) is 7.74. The highest BCUT2D eigenvalue weighted by Gasteiger charge is 2.13. The summed E-state index contributed by atoms with van der Waals surface area (Å²) in [6.07, 6.45) is -0.254. The molecule has 122 valence electrons. The van der Waals surface area contributed by atoms with Gasteiger partial charge in [0, 0.05) is 6.42 Å². The van der Waals surface area contributed by atoms with Crippen LogP contribution in [0.1, 0.15) is 24.5 Å². The van der Waals surface area contributed by atoms with Crippen LogP contribution in [0.4, 0.5) is 0 Å². The molecule has 0 aromatic heterocycles. The highest BCUT2D eigenvalue weighted by Crippen LogP contribution is 2.09. The Bertz CT molecular complexity index is 525. The molecule has 0 aliphatic heterocycles. The van der Waals surface area contributed by atoms with Gasteiger partial charge in [-0.3, -0.25) is 4.79 Å². The van der Waals surface area contributed by atoms with E-state index in [9.17, 15) is 4.79 Å². The van der Waals surface area contributed by atoms with E-state index in [1.165, 1.54) is 0 Å². The molecule has 0 heterocycles. The lowest BCUT2D eigenvalue weighted by Crippen LogP contribution is -2.25. The van der Waals surface area contributed by atoms with Gasteiger partial charge in [0.2, 0.25) is 0 Å². The maximum Gasteiger partial charge on any atom is 0.305 e. The lowest BCUT2D eigenvalue weighted by atomic mass is 10.2. The first kappa shape index (κ1) is 17.2. The quantitative estimate of drug-likeness (QED) is 0.523. The number of carbonyl (C=O) groups excluding carboxylic acids is 1. The average Bonchev–Trinajstić information content (AvgIpc) is 2.62. The molecule has 0 fully saturated rings. The summed E-state index contributed by atoms with van der Waals surface area (Å²) >= 11 is 0. The molecule has 0 aliphatic carbocycles. The zero-order valence-electron chi connectivity index (χ0n) is 13.3. The van der Waals surface area contributed by atoms with Gasteiger partial charge in [-0.2, -0.15) is 0 Å². The monoisotopic (exact) mass is 314 g/mol. The number of ether oxygens (including phenoxy) is 3. The summed E-state index contributed by atoms with van der Waals surface area (Å²) in [4.78, 5) is 11.3. The summed E-state index contributed by atoms with van der Waals surface area (Å²) in [6.45, 7) is 2.66. The molecule has 4 heteroatoms. The van der Waals surface area contributed by atoms with Crippen LogP contribution in [0.2, 0.25) is 0 Å². The van der Waals surface area contributed by atoms with Gasteiger partial charge in [0.25, 0.3) is 0 Å². The van der Waals surface area contributed by atoms with Crippen molar-refractivity contribution in [3.8, 4) is 0 Å². The van der Waals surface area contributed by atoms with Gasteiger partial charge in [0.1, 0.15) is 6.61 Å². The molecule has 2 aromatic carbocycles. The molecule has 0 atom stereocenters. The molecular formula is C19H22O4. The highest BCUT2D eigenvalue weighted by atomic mass is 16.7. The van der Waals surface area contributed by atoms with Gasteiger partial charge in [-0.25, -0.2) is 0 Å². The van der Waals surface area contributed by atoms with Crippen molar-refractivity contribution in [2.45, 2.75) is 32.8 Å². The average molecular weight is 314 g/mol. The van der Waals surface area contributed by atoms with Crippen LogP contribution in [0.3, 0.4) is 0 Å². The zero-order chi connectivity index (χ0) is 16.3. The van der Waals surface area contributed by atoms with Gasteiger partial charge in [0.05, 0.1) is 13.2 Å². The van der Waals surface area contributed by atoms with Crippen LogP contribution in [0, 0.1) is 0 Å². The minimum absolute atomic E-state index is 0.0896. The van der Waals surface area contributed by atoms with Gasteiger partial charge >= 0.3 is 5.97 Å². The van der Waals surface area contributed by atoms with E-state index in [1.54, 1.807) is 6.92 Å². The standard InChI is InChI=1S/C19H22O4/c1-2-18(20)21-15-19(22-13-16-9-5-3-6-10-16)23-14-17-11-7-4-8-12-17/h3-12,19H,2,13-15H2,1H3. The third-order valence-corrected chi connectivity index (χ3v) is 3.23. The van der Waals surface area contributed by atoms with Crippen molar-refractivity contribution < 1.29 is 19.0 Å². The first-order valence-electron chi connectivity index (χ1n) is 7.74. The number of carbonyl (C=O) groups is 1. The van der Waals surface area contributed by atoms with Crippen LogP contribution >= 0.6 is 0 Å². The SMILES string of the molecule is CCC(=O)OCC(OCc1ccccc1)OCc1ccccc1. The van der Waals surface area contributed by atoms with Gasteiger partial charge in [-0.1, -0.05) is 67.6 Å². The second-order valence-electron chi connectivity index (χ2n) is 5.06. The van der Waals surface area contributed by atoms with Crippen LogP contribution in [-0.4, -0.2) is 18.9 Å². The third-order valence-electron chi connectivity index (χ3n) is 3.23. The Hall–Kier alpha value is -2.17. The van der Waals surface area contributed by atoms with Gasteiger partial charge < -0.3 is 14.2 Å². The molecular weight excluding hydrogens is 292 g/mol. The summed E-state index contributed by atoms with van der Waals surface area (Å²) in [6, 6.07) is 19.6. The lowest BCUT2D eigenvalue weighted by Gasteiger charge is -2.18. The summed E-state index contributed by atoms with van der Waals surface area (Å²) in [7, 11) is 0. The number of hydrogen-bond donors (Lipinski definition) is 0. The van der Waals surface area contributed by atoms with Crippen molar-refractivity contribution in [2.75, 3.05) is 6.61 Å². The van der Waals surface area contributed by atoms with Gasteiger partial charge in [-0.15, -0.1) is 0 Å². The van der Waals surface area contributed by atoms with Crippen molar-refractivity contribution >= 4 is 5.97 Å². The number of rotatable bonds is 9. The van der Waals surface area contributed by atoms with Gasteiger partial charge in [0.15, 0.2) is 6.29 Å². The molecule has 0 amide bonds. The molecule has 23 heavy (non-hydrogen) atoms. The number of benzene rings is 2. The second kappa shape index (κ2) is 9.77. The zero-order valence-corrected chi connectivity index (χ0v) is 13.3. The van der Waals surface area contributed by atoms with E-state index < -0.39 is 6.29 Å². The summed E-state index contributed by atoms with van der Waals surface area (Å²) in [5.74, 6) is -0.262. The first-order chi connectivity index (χ1) is 11.3. The Morgan fingerprint density at radius 2 is 1.35 bits per heavy atom. The third kappa shape index (κ3) is 6.63. The molecule has 0 saturated carbocycles. The minimum atomic E-state index is -0.592. The maximum atomic E-state index is 11.3. The molecule has 4 nitrogen and oxygen atoms in total. The normalized spacial score (nSPS) is 10.7. The fourth-order valence-electron chi connectivity index (χ4n) is 1.93. The minimum Gasteiger partial charge on any atom is -0.460 e. The van der Waals surface area contributed by atoms with E-state index in [0.717, 1.165) is 11.1 Å². The lowest BCUT2D eigenvalue weighted by molar-refractivity contribution is -0.191. The topological polar surface area (TPSA) is 44.8 Å². The molecule has 0 aliphatic rings. The largest absolute Gasteiger partial charge is 0.460 e. The Morgan fingerprint density at radius 3 is 1.78 bits per heavy atom. The molecule has 0 N–H and O–H groups in total.